The molecule has 1 heterocycles. The molecule has 0 aliphatic heterocycles. The number of anilines is 1. The van der Waals surface area contributed by atoms with Gasteiger partial charge in [-0.1, -0.05) is 29.8 Å². The number of hydrogen-bond donors (Lipinski definition) is 1. The number of rotatable bonds is 3. The number of carbonyl (C=O) groups excluding carboxylic acids is 2. The van der Waals surface area contributed by atoms with Crippen LogP contribution >= 0.6 is 0 Å². The fourth-order valence-electron chi connectivity index (χ4n) is 3.35. The molecule has 28 heavy (non-hydrogen) atoms. The second kappa shape index (κ2) is 7.31. The molecule has 1 N–H and O–H groups in total. The Morgan fingerprint density at radius 3 is 2.50 bits per heavy atom. The van der Waals surface area contributed by atoms with Crippen molar-refractivity contribution < 1.29 is 14.0 Å². The first kappa shape index (κ1) is 18.0. The van der Waals surface area contributed by atoms with Gasteiger partial charge in [-0.25, -0.2) is 14.4 Å². The SMILES string of the molecule is Cc1ccc(C(=O)Nc2ncc3c(n2)CC(c2ccc(F)cc2)CC3=O)cc1. The zero-order valence-electron chi connectivity index (χ0n) is 15.3. The minimum absolute atomic E-state index is 0.0491. The van der Waals surface area contributed by atoms with E-state index >= 15 is 0 Å². The standard InChI is InChI=1S/C22H18FN3O2/c1-13-2-4-15(5-3-13)21(28)26-22-24-12-18-19(25-22)10-16(11-20(18)27)14-6-8-17(23)9-7-14/h2-9,12,16H,10-11H2,1H3,(H,24,25,26,28). The first-order valence-electron chi connectivity index (χ1n) is 9.02. The fourth-order valence-corrected chi connectivity index (χ4v) is 3.35. The number of carbonyl (C=O) groups is 2. The summed E-state index contributed by atoms with van der Waals surface area (Å²) >= 11 is 0. The maximum Gasteiger partial charge on any atom is 0.258 e. The number of nitrogens with zero attached hydrogens (tertiary/aromatic N) is 2. The second-order valence-electron chi connectivity index (χ2n) is 6.95. The van der Waals surface area contributed by atoms with Gasteiger partial charge in [0, 0.05) is 18.2 Å². The van der Waals surface area contributed by atoms with Gasteiger partial charge in [0.05, 0.1) is 11.3 Å². The van der Waals surface area contributed by atoms with E-state index in [2.05, 4.69) is 15.3 Å². The lowest BCUT2D eigenvalue weighted by atomic mass is 9.82. The van der Waals surface area contributed by atoms with Gasteiger partial charge in [-0.05, 0) is 49.1 Å². The molecular weight excluding hydrogens is 357 g/mol. The summed E-state index contributed by atoms with van der Waals surface area (Å²) in [6, 6.07) is 13.3. The van der Waals surface area contributed by atoms with Gasteiger partial charge in [0.1, 0.15) is 5.82 Å². The fraction of sp³-hybridized carbons (Fsp3) is 0.182. The molecule has 4 rings (SSSR count). The van der Waals surface area contributed by atoms with E-state index in [1.807, 2.05) is 19.1 Å². The molecule has 1 aliphatic rings. The number of aryl methyl sites for hydroxylation is 1. The van der Waals surface area contributed by atoms with Gasteiger partial charge in [0.25, 0.3) is 5.91 Å². The topological polar surface area (TPSA) is 72.0 Å². The number of fused-ring (bicyclic) bond motifs is 1. The quantitative estimate of drug-likeness (QED) is 0.748. The van der Waals surface area contributed by atoms with Crippen LogP contribution in [0.1, 0.15) is 49.9 Å². The molecule has 1 aliphatic carbocycles. The molecule has 6 heteroatoms. The zero-order valence-corrected chi connectivity index (χ0v) is 15.3. The highest BCUT2D eigenvalue weighted by Gasteiger charge is 2.28. The number of aromatic nitrogens is 2. The predicted molar refractivity (Wildman–Crippen MR) is 103 cm³/mol. The lowest BCUT2D eigenvalue weighted by Gasteiger charge is -2.23. The third-order valence-electron chi connectivity index (χ3n) is 4.92. The minimum atomic E-state index is -0.310. The van der Waals surface area contributed by atoms with Crippen LogP contribution in [0.3, 0.4) is 0 Å². The minimum Gasteiger partial charge on any atom is -0.294 e. The summed E-state index contributed by atoms with van der Waals surface area (Å²) in [5.74, 6) is -0.577. The van der Waals surface area contributed by atoms with Crippen LogP contribution in [0.2, 0.25) is 0 Å². The van der Waals surface area contributed by atoms with Crippen LogP contribution in [0.25, 0.3) is 0 Å². The maximum atomic E-state index is 13.2. The van der Waals surface area contributed by atoms with Crippen LogP contribution in [0.4, 0.5) is 10.3 Å². The number of halogens is 1. The Labute approximate surface area is 161 Å². The van der Waals surface area contributed by atoms with Gasteiger partial charge in [-0.15, -0.1) is 0 Å². The summed E-state index contributed by atoms with van der Waals surface area (Å²) in [5.41, 5.74) is 3.54. The summed E-state index contributed by atoms with van der Waals surface area (Å²) < 4.78 is 13.2. The largest absolute Gasteiger partial charge is 0.294 e. The summed E-state index contributed by atoms with van der Waals surface area (Å²) in [7, 11) is 0. The monoisotopic (exact) mass is 375 g/mol. The van der Waals surface area contributed by atoms with Crippen LogP contribution < -0.4 is 5.32 Å². The molecular formula is C22H18FN3O2. The zero-order chi connectivity index (χ0) is 19.7. The van der Waals surface area contributed by atoms with E-state index in [9.17, 15) is 14.0 Å². The van der Waals surface area contributed by atoms with E-state index in [0.29, 0.717) is 29.7 Å². The van der Waals surface area contributed by atoms with E-state index < -0.39 is 0 Å². The third-order valence-corrected chi connectivity index (χ3v) is 4.92. The first-order valence-corrected chi connectivity index (χ1v) is 9.02. The van der Waals surface area contributed by atoms with Crippen molar-refractivity contribution in [3.8, 4) is 0 Å². The molecule has 2 aromatic carbocycles. The lowest BCUT2D eigenvalue weighted by Crippen LogP contribution is -2.22. The van der Waals surface area contributed by atoms with Gasteiger partial charge in [0.2, 0.25) is 5.95 Å². The molecule has 5 nitrogen and oxygen atoms in total. The average Bonchev–Trinajstić information content (AvgIpc) is 2.68. The molecule has 3 aromatic rings. The van der Waals surface area contributed by atoms with Crippen LogP contribution in [0.15, 0.2) is 54.7 Å². The van der Waals surface area contributed by atoms with Crippen LogP contribution in [0.5, 0.6) is 0 Å². The Kier molecular flexibility index (Phi) is 4.69. The van der Waals surface area contributed by atoms with Crippen molar-refractivity contribution in [3.63, 3.8) is 0 Å². The number of Topliss-reactive ketones (excluding diaryl/α,β-unsaturated/α-hetero) is 1. The highest BCUT2D eigenvalue weighted by molar-refractivity contribution is 6.03. The maximum absolute atomic E-state index is 13.2. The van der Waals surface area contributed by atoms with Gasteiger partial charge in [0.15, 0.2) is 5.78 Å². The van der Waals surface area contributed by atoms with Crippen molar-refractivity contribution in [2.45, 2.75) is 25.7 Å². The Balaban J connectivity index is 1.56. The van der Waals surface area contributed by atoms with Crippen molar-refractivity contribution in [2.75, 3.05) is 5.32 Å². The smallest absolute Gasteiger partial charge is 0.258 e. The Bertz CT molecular complexity index is 1050. The number of nitrogens with one attached hydrogen (secondary N) is 1. The van der Waals surface area contributed by atoms with Crippen LogP contribution in [0, 0.1) is 12.7 Å². The molecule has 1 amide bonds. The van der Waals surface area contributed by atoms with E-state index in [1.54, 1.807) is 24.3 Å². The number of ketones is 1. The summed E-state index contributed by atoms with van der Waals surface area (Å²) in [6.07, 6.45) is 2.33. The molecule has 140 valence electrons. The van der Waals surface area contributed by atoms with Crippen molar-refractivity contribution in [1.82, 2.24) is 9.97 Å². The second-order valence-corrected chi connectivity index (χ2v) is 6.95. The molecule has 0 spiro atoms. The van der Waals surface area contributed by atoms with Gasteiger partial charge < -0.3 is 0 Å². The molecule has 0 bridgehead atoms. The molecule has 1 atom stereocenters. The molecule has 1 unspecified atom stereocenters. The Hall–Kier alpha value is -3.41. The van der Waals surface area contributed by atoms with Crippen LogP contribution in [-0.2, 0) is 6.42 Å². The summed E-state index contributed by atoms with van der Waals surface area (Å²) in [6.45, 7) is 1.95. The third kappa shape index (κ3) is 3.67. The van der Waals surface area contributed by atoms with E-state index in [0.717, 1.165) is 11.1 Å². The molecule has 0 fully saturated rings. The molecule has 0 radical (unpaired) electrons. The number of benzene rings is 2. The van der Waals surface area contributed by atoms with Crippen molar-refractivity contribution in [1.29, 1.82) is 0 Å². The number of hydrogen-bond acceptors (Lipinski definition) is 4. The molecule has 0 saturated carbocycles. The number of amides is 1. The predicted octanol–water partition coefficient (Wildman–Crippen LogP) is 4.09. The Morgan fingerprint density at radius 2 is 1.79 bits per heavy atom. The van der Waals surface area contributed by atoms with Crippen molar-refractivity contribution in [3.05, 3.63) is 88.5 Å². The highest BCUT2D eigenvalue weighted by Crippen LogP contribution is 2.32. The van der Waals surface area contributed by atoms with Crippen LogP contribution in [-0.4, -0.2) is 21.7 Å². The lowest BCUT2D eigenvalue weighted by molar-refractivity contribution is 0.0962. The van der Waals surface area contributed by atoms with Crippen molar-refractivity contribution in [2.24, 2.45) is 0 Å². The molecule has 1 aromatic heterocycles. The van der Waals surface area contributed by atoms with Gasteiger partial charge in [-0.3, -0.25) is 14.9 Å². The molecule has 0 saturated heterocycles. The van der Waals surface area contributed by atoms with E-state index in [4.69, 9.17) is 0 Å². The Morgan fingerprint density at radius 1 is 1.07 bits per heavy atom. The van der Waals surface area contributed by atoms with E-state index in [1.165, 1.54) is 18.3 Å². The van der Waals surface area contributed by atoms with E-state index in [-0.39, 0.29) is 29.4 Å². The highest BCUT2D eigenvalue weighted by atomic mass is 19.1. The van der Waals surface area contributed by atoms with Crippen molar-refractivity contribution >= 4 is 17.6 Å². The normalized spacial score (nSPS) is 15.8. The average molecular weight is 375 g/mol. The first-order chi connectivity index (χ1) is 13.5. The van der Waals surface area contributed by atoms with Gasteiger partial charge >= 0.3 is 0 Å². The van der Waals surface area contributed by atoms with Gasteiger partial charge in [-0.2, -0.15) is 0 Å². The summed E-state index contributed by atoms with van der Waals surface area (Å²) in [5, 5.41) is 2.68. The summed E-state index contributed by atoms with van der Waals surface area (Å²) in [4.78, 5) is 33.4.